The van der Waals surface area contributed by atoms with Crippen LogP contribution < -0.4 is 0 Å². The largest absolute Gasteiger partial charge is 0.307 e. The third kappa shape index (κ3) is 8.18. The van der Waals surface area contributed by atoms with Gasteiger partial charge in [0.25, 0.3) is 0 Å². The molecule has 318 valence electrons. The second-order valence-corrected chi connectivity index (χ2v) is 16.7. The lowest BCUT2D eigenvalue weighted by atomic mass is 9.94. The highest BCUT2D eigenvalue weighted by atomic mass is 15.0. The Balaban J connectivity index is 1.27. The van der Waals surface area contributed by atoms with Gasteiger partial charge in [-0.05, 0) is 88.2 Å². The van der Waals surface area contributed by atoms with Gasteiger partial charge in [0.05, 0.1) is 16.7 Å². The Morgan fingerprint density at radius 2 is 0.821 bits per heavy atom. The highest BCUT2D eigenvalue weighted by Gasteiger charge is 2.25. The molecule has 4 nitrogen and oxygen atoms in total. The molecule has 0 atom stereocenters. The number of rotatable bonds is 12. The Bertz CT molecular complexity index is 3490. The van der Waals surface area contributed by atoms with E-state index in [0.717, 1.165) is 79.6 Å². The Kier molecular flexibility index (Phi) is 11.3. The number of hydrogen-bond acceptors (Lipinski definition) is 3. The Morgan fingerprint density at radius 3 is 1.36 bits per heavy atom. The number of hydrogen-bond donors (Lipinski definition) is 0. The van der Waals surface area contributed by atoms with Crippen LogP contribution in [0.1, 0.15) is 18.4 Å². The molecule has 0 radical (unpaired) electrons. The van der Waals surface area contributed by atoms with E-state index in [1.54, 1.807) is 0 Å². The van der Waals surface area contributed by atoms with Gasteiger partial charge in [-0.15, -0.1) is 6.58 Å². The molecule has 0 N–H and O–H groups in total. The van der Waals surface area contributed by atoms with Gasteiger partial charge < -0.3 is 4.57 Å². The molecule has 0 aliphatic carbocycles. The SMILES string of the molecule is C=CCC/C=C/c1cc(-c2nc(-c3ccccc3)nc(-c3ccccc3)n2)cc(-c2ccccc2)c1-n1c2ccc(-c3ccccc3)cc2c2cc(-c3ccccc3)cc(-c3ccccc3)c21. The zero-order valence-corrected chi connectivity index (χ0v) is 37.0. The minimum Gasteiger partial charge on any atom is -0.307 e. The molecule has 0 unspecified atom stereocenters. The fourth-order valence-electron chi connectivity index (χ4n) is 9.19. The normalized spacial score (nSPS) is 11.4. The fraction of sp³-hybridized carbons (Fsp3) is 0.0317. The topological polar surface area (TPSA) is 43.6 Å². The number of unbranched alkanes of at least 4 members (excludes halogenated alkanes) is 1. The van der Waals surface area contributed by atoms with E-state index in [9.17, 15) is 0 Å². The van der Waals surface area contributed by atoms with Gasteiger partial charge in [-0.2, -0.15) is 0 Å². The molecule has 0 fully saturated rings. The van der Waals surface area contributed by atoms with Crippen molar-refractivity contribution in [3.63, 3.8) is 0 Å². The summed E-state index contributed by atoms with van der Waals surface area (Å²) in [5, 5.41) is 2.35. The van der Waals surface area contributed by atoms with Crippen LogP contribution in [0.15, 0.2) is 243 Å². The minimum atomic E-state index is 0.601. The summed E-state index contributed by atoms with van der Waals surface area (Å²) in [6.45, 7) is 4.04. The predicted molar refractivity (Wildman–Crippen MR) is 281 cm³/mol. The van der Waals surface area contributed by atoms with Crippen molar-refractivity contribution in [1.82, 2.24) is 19.5 Å². The summed E-state index contributed by atoms with van der Waals surface area (Å²) in [5.74, 6) is 1.84. The third-order valence-electron chi connectivity index (χ3n) is 12.4. The van der Waals surface area contributed by atoms with E-state index in [0.29, 0.717) is 17.5 Å². The Hall–Kier alpha value is -8.73. The van der Waals surface area contributed by atoms with E-state index in [2.05, 4.69) is 211 Å². The van der Waals surface area contributed by atoms with Gasteiger partial charge in [-0.1, -0.05) is 206 Å². The molecule has 9 aromatic carbocycles. The summed E-state index contributed by atoms with van der Waals surface area (Å²) in [7, 11) is 0. The zero-order valence-electron chi connectivity index (χ0n) is 37.0. The van der Waals surface area contributed by atoms with Crippen LogP contribution in [0.3, 0.4) is 0 Å². The van der Waals surface area contributed by atoms with Crippen LogP contribution in [-0.2, 0) is 0 Å². The van der Waals surface area contributed by atoms with Crippen molar-refractivity contribution in [2.75, 3.05) is 0 Å². The summed E-state index contributed by atoms with van der Waals surface area (Å²) in [6, 6.07) is 79.6. The first-order valence-electron chi connectivity index (χ1n) is 22.9. The molecule has 0 saturated carbocycles. The molecule has 2 aromatic heterocycles. The molecule has 0 aliphatic heterocycles. The summed E-state index contributed by atoms with van der Waals surface area (Å²) >= 11 is 0. The summed E-state index contributed by atoms with van der Waals surface area (Å²) in [6.07, 6.45) is 8.24. The van der Waals surface area contributed by atoms with Crippen LogP contribution in [0.2, 0.25) is 0 Å². The number of fused-ring (bicyclic) bond motifs is 3. The van der Waals surface area contributed by atoms with Gasteiger partial charge in [0.2, 0.25) is 0 Å². The van der Waals surface area contributed by atoms with Gasteiger partial charge in [-0.25, -0.2) is 15.0 Å². The second kappa shape index (κ2) is 18.4. The van der Waals surface area contributed by atoms with Gasteiger partial charge in [0, 0.05) is 38.6 Å². The third-order valence-corrected chi connectivity index (χ3v) is 12.4. The van der Waals surface area contributed by atoms with Crippen LogP contribution in [0.4, 0.5) is 0 Å². The first kappa shape index (κ1) is 41.0. The molecule has 0 aliphatic rings. The molecular weight excluding hydrogens is 813 g/mol. The second-order valence-electron chi connectivity index (χ2n) is 16.7. The highest BCUT2D eigenvalue weighted by molar-refractivity contribution is 6.17. The summed E-state index contributed by atoms with van der Waals surface area (Å²) < 4.78 is 2.52. The van der Waals surface area contributed by atoms with Crippen molar-refractivity contribution in [1.29, 1.82) is 0 Å². The maximum Gasteiger partial charge on any atom is 0.164 e. The van der Waals surface area contributed by atoms with Crippen LogP contribution >= 0.6 is 0 Å². The van der Waals surface area contributed by atoms with Crippen molar-refractivity contribution in [3.8, 4) is 84.4 Å². The van der Waals surface area contributed by atoms with Crippen molar-refractivity contribution in [3.05, 3.63) is 249 Å². The molecule has 0 saturated heterocycles. The standard InChI is InChI=1S/C63H46N4/c1-2-3-4-11-36-51-39-53(63-65-61(48-32-20-9-21-33-48)64-62(66-63)49-34-22-10-23-35-49)43-54(46-28-16-7-17-29-46)59(51)67-58-38-37-50(44-24-12-5-13-25-44)40-56(58)57-42-52(45-26-14-6-15-27-45)41-55(60(57)67)47-30-18-8-19-31-47/h2,5-43H,1,3-4H2/b36-11+. The number of benzene rings is 9. The Morgan fingerprint density at radius 1 is 0.373 bits per heavy atom. The maximum absolute atomic E-state index is 5.24. The van der Waals surface area contributed by atoms with E-state index < -0.39 is 0 Å². The lowest BCUT2D eigenvalue weighted by molar-refractivity contribution is 1.06. The summed E-state index contributed by atoms with van der Waals surface area (Å²) in [5.41, 5.74) is 16.2. The average Bonchev–Trinajstić information content (AvgIpc) is 3.74. The minimum absolute atomic E-state index is 0.601. The van der Waals surface area contributed by atoms with Gasteiger partial charge >= 0.3 is 0 Å². The first-order valence-corrected chi connectivity index (χ1v) is 22.9. The van der Waals surface area contributed by atoms with E-state index in [-0.39, 0.29) is 0 Å². The van der Waals surface area contributed by atoms with E-state index in [4.69, 9.17) is 15.0 Å². The molecule has 4 heteroatoms. The molecule has 11 aromatic rings. The number of aromatic nitrogens is 4. The first-order chi connectivity index (χ1) is 33.2. The zero-order chi connectivity index (χ0) is 44.9. The summed E-state index contributed by atoms with van der Waals surface area (Å²) in [4.78, 5) is 15.5. The average molecular weight is 859 g/mol. The smallest absolute Gasteiger partial charge is 0.164 e. The predicted octanol–water partition coefficient (Wildman–Crippen LogP) is 16.6. The maximum atomic E-state index is 5.24. The lowest BCUT2D eigenvalue weighted by Crippen LogP contribution is -2.04. The van der Waals surface area contributed by atoms with Gasteiger partial charge in [0.15, 0.2) is 17.5 Å². The molecule has 0 amide bonds. The number of nitrogens with zero attached hydrogens (tertiary/aromatic N) is 4. The number of allylic oxidation sites excluding steroid dienone is 2. The molecule has 0 bridgehead atoms. The van der Waals surface area contributed by atoms with Crippen molar-refractivity contribution in [2.45, 2.75) is 12.8 Å². The fourth-order valence-corrected chi connectivity index (χ4v) is 9.19. The van der Waals surface area contributed by atoms with E-state index >= 15 is 0 Å². The van der Waals surface area contributed by atoms with E-state index in [1.165, 1.54) is 27.5 Å². The van der Waals surface area contributed by atoms with Crippen LogP contribution in [0.25, 0.3) is 112 Å². The monoisotopic (exact) mass is 858 g/mol. The lowest BCUT2D eigenvalue weighted by Gasteiger charge is -2.21. The Labute approximate surface area is 391 Å². The van der Waals surface area contributed by atoms with E-state index in [1.807, 2.05) is 42.5 Å². The quantitative estimate of drug-likeness (QED) is 0.0908. The molecule has 67 heavy (non-hydrogen) atoms. The molecule has 2 heterocycles. The van der Waals surface area contributed by atoms with Crippen molar-refractivity contribution < 1.29 is 0 Å². The molecular formula is C63H46N4. The van der Waals surface area contributed by atoms with Crippen LogP contribution in [0.5, 0.6) is 0 Å². The van der Waals surface area contributed by atoms with Gasteiger partial charge in [0.1, 0.15) is 0 Å². The van der Waals surface area contributed by atoms with Crippen LogP contribution in [0, 0.1) is 0 Å². The van der Waals surface area contributed by atoms with Crippen molar-refractivity contribution >= 4 is 27.9 Å². The van der Waals surface area contributed by atoms with Crippen molar-refractivity contribution in [2.24, 2.45) is 0 Å². The van der Waals surface area contributed by atoms with Crippen LogP contribution in [-0.4, -0.2) is 19.5 Å². The molecule has 0 spiro atoms. The molecule has 11 rings (SSSR count). The van der Waals surface area contributed by atoms with Gasteiger partial charge in [-0.3, -0.25) is 0 Å². The highest BCUT2D eigenvalue weighted by Crippen LogP contribution is 2.46.